The highest BCUT2D eigenvalue weighted by atomic mass is 32.3. The monoisotopic (exact) mass is 603 g/mol. The first-order chi connectivity index (χ1) is 18.9. The molecular weight excluding hydrogens is 570 g/mol. The van der Waals surface area contributed by atoms with Gasteiger partial charge in [-0.25, -0.2) is 9.37 Å². The maximum Gasteiger partial charge on any atom is 0.422 e. The molecule has 10 nitrogen and oxygen atoms in total. The third kappa shape index (κ3) is 6.94. The highest BCUT2D eigenvalue weighted by Gasteiger charge is 2.42. The van der Waals surface area contributed by atoms with E-state index in [9.17, 15) is 41.8 Å². The molecule has 0 saturated carbocycles. The van der Waals surface area contributed by atoms with Crippen LogP contribution in [-0.2, 0) is 17.6 Å². The number of rotatable bonds is 7. The molecule has 1 aliphatic carbocycles. The Hall–Kier alpha value is -2.93. The van der Waals surface area contributed by atoms with Gasteiger partial charge < -0.3 is 15.2 Å². The van der Waals surface area contributed by atoms with Gasteiger partial charge in [-0.05, 0) is 33.6 Å². The van der Waals surface area contributed by atoms with Crippen LogP contribution in [0.2, 0.25) is 0 Å². The van der Waals surface area contributed by atoms with Crippen LogP contribution < -0.4 is 10.1 Å². The Balaban J connectivity index is 1.66. The molecule has 3 heterocycles. The third-order valence-electron chi connectivity index (χ3n) is 7.82. The summed E-state index contributed by atoms with van der Waals surface area (Å²) in [5.74, 6) is -2.22. The zero-order valence-corrected chi connectivity index (χ0v) is 23.6. The van der Waals surface area contributed by atoms with Crippen LogP contribution in [0.3, 0.4) is 0 Å². The quantitative estimate of drug-likeness (QED) is 0.340. The van der Waals surface area contributed by atoms with Gasteiger partial charge >= 0.3 is 6.18 Å². The van der Waals surface area contributed by atoms with Gasteiger partial charge in [-0.1, -0.05) is 0 Å². The van der Waals surface area contributed by atoms with Crippen molar-refractivity contribution in [2.24, 2.45) is 5.92 Å². The van der Waals surface area contributed by atoms with Gasteiger partial charge in [0.05, 0.1) is 29.6 Å². The number of aromatic nitrogens is 3. The second-order valence-corrected chi connectivity index (χ2v) is 13.7. The molecule has 4 N–H and O–H groups in total. The maximum atomic E-state index is 15.0. The van der Waals surface area contributed by atoms with Crippen LogP contribution in [-0.4, -0.2) is 70.3 Å². The molecule has 1 unspecified atom stereocenters. The number of carbonyl (C=O) groups is 1. The molecule has 15 heteroatoms. The second-order valence-electron chi connectivity index (χ2n) is 11.3. The van der Waals surface area contributed by atoms with E-state index in [1.165, 1.54) is 4.68 Å². The summed E-state index contributed by atoms with van der Waals surface area (Å²) in [6, 6.07) is 2.54. The van der Waals surface area contributed by atoms with Crippen molar-refractivity contribution in [1.82, 2.24) is 20.1 Å². The topological polar surface area (TPSA) is 154 Å². The van der Waals surface area contributed by atoms with E-state index in [4.69, 9.17) is 4.74 Å². The van der Waals surface area contributed by atoms with Gasteiger partial charge in [0.2, 0.25) is 11.8 Å². The summed E-state index contributed by atoms with van der Waals surface area (Å²) in [4.78, 5) is 17.0. The van der Waals surface area contributed by atoms with Gasteiger partial charge in [0, 0.05) is 59.6 Å². The van der Waals surface area contributed by atoms with Crippen LogP contribution in [0.5, 0.6) is 5.88 Å². The SMILES string of the molecule is CC(n1nc(-c2cc(OCC(F)(F)F)ncc2F)c2c1C[C@H](C(=O)NC1(C#N)CCS(O)(O)CC1)CC2)C(C)(C)O. The Morgan fingerprint density at radius 1 is 1.34 bits per heavy atom. The molecule has 0 radical (unpaired) electrons. The van der Waals surface area contributed by atoms with Gasteiger partial charge in [0.1, 0.15) is 5.54 Å². The lowest BCUT2D eigenvalue weighted by atomic mass is 9.83. The molecule has 4 rings (SSSR count). The van der Waals surface area contributed by atoms with E-state index in [-0.39, 0.29) is 48.4 Å². The molecule has 226 valence electrons. The van der Waals surface area contributed by atoms with Crippen LogP contribution in [0.15, 0.2) is 12.3 Å². The summed E-state index contributed by atoms with van der Waals surface area (Å²) in [5.41, 5.74) is -1.34. The number of aliphatic hydroxyl groups is 1. The van der Waals surface area contributed by atoms with E-state index in [1.54, 1.807) is 20.8 Å². The van der Waals surface area contributed by atoms with E-state index in [0.29, 0.717) is 17.7 Å². The van der Waals surface area contributed by atoms with Crippen LogP contribution in [0.4, 0.5) is 17.6 Å². The first kappa shape index (κ1) is 31.0. The predicted octanol–water partition coefficient (Wildman–Crippen LogP) is 4.39. The zero-order chi connectivity index (χ0) is 30.4. The molecule has 0 spiro atoms. The number of nitrogens with zero attached hydrogens (tertiary/aromatic N) is 4. The van der Waals surface area contributed by atoms with Crippen LogP contribution in [0.1, 0.15) is 57.3 Å². The first-order valence-electron chi connectivity index (χ1n) is 13.1. The fraction of sp³-hybridized carbons (Fsp3) is 0.615. The average Bonchev–Trinajstić information content (AvgIpc) is 3.26. The van der Waals surface area contributed by atoms with E-state index < -0.39 is 64.1 Å². The van der Waals surface area contributed by atoms with Gasteiger partial charge in [-0.3, -0.25) is 18.6 Å². The summed E-state index contributed by atoms with van der Waals surface area (Å²) in [7, 11) is -2.77. The van der Waals surface area contributed by atoms with Crippen molar-refractivity contribution >= 4 is 16.5 Å². The third-order valence-corrected chi connectivity index (χ3v) is 9.53. The van der Waals surface area contributed by atoms with E-state index in [1.807, 2.05) is 0 Å². The Labute approximate surface area is 236 Å². The number of pyridine rings is 1. The van der Waals surface area contributed by atoms with Crippen molar-refractivity contribution in [2.45, 2.75) is 76.2 Å². The fourth-order valence-corrected chi connectivity index (χ4v) is 6.59. The zero-order valence-electron chi connectivity index (χ0n) is 22.8. The maximum absolute atomic E-state index is 15.0. The van der Waals surface area contributed by atoms with E-state index >= 15 is 0 Å². The van der Waals surface area contributed by atoms with Crippen molar-refractivity contribution in [3.63, 3.8) is 0 Å². The largest absolute Gasteiger partial charge is 0.468 e. The molecule has 1 aliphatic heterocycles. The minimum atomic E-state index is -4.61. The number of hydrogen-bond donors (Lipinski definition) is 4. The molecule has 0 aromatic carbocycles. The molecule has 2 atom stereocenters. The van der Waals surface area contributed by atoms with Crippen LogP contribution in [0.25, 0.3) is 11.3 Å². The first-order valence-corrected chi connectivity index (χ1v) is 15.0. The van der Waals surface area contributed by atoms with Crippen molar-refractivity contribution in [3.8, 4) is 23.2 Å². The van der Waals surface area contributed by atoms with Gasteiger partial charge in [0.25, 0.3) is 0 Å². The Morgan fingerprint density at radius 2 is 2.00 bits per heavy atom. The van der Waals surface area contributed by atoms with Crippen molar-refractivity contribution in [3.05, 3.63) is 29.3 Å². The molecule has 1 amide bonds. The lowest BCUT2D eigenvalue weighted by Crippen LogP contribution is -2.53. The number of amides is 1. The molecule has 2 aromatic rings. The summed E-state index contributed by atoms with van der Waals surface area (Å²) >= 11 is 0. The number of alkyl halides is 3. The second kappa shape index (κ2) is 11.0. The predicted molar refractivity (Wildman–Crippen MR) is 142 cm³/mol. The minimum Gasteiger partial charge on any atom is -0.468 e. The number of fused-ring (bicyclic) bond motifs is 1. The number of nitriles is 1. The fourth-order valence-electron chi connectivity index (χ4n) is 5.04. The van der Waals surface area contributed by atoms with Crippen LogP contribution >= 0.6 is 10.6 Å². The highest BCUT2D eigenvalue weighted by Crippen LogP contribution is 2.47. The summed E-state index contributed by atoms with van der Waals surface area (Å²) < 4.78 is 79.1. The molecule has 41 heavy (non-hydrogen) atoms. The lowest BCUT2D eigenvalue weighted by molar-refractivity contribution is -0.154. The number of carbonyl (C=O) groups excluding carboxylic acids is 1. The van der Waals surface area contributed by atoms with Crippen LogP contribution in [0, 0.1) is 23.1 Å². The molecular formula is C26H33F4N5O5S. The summed E-state index contributed by atoms with van der Waals surface area (Å²) in [6.07, 6.45) is -2.92. The number of ether oxygens (including phenoxy) is 1. The summed E-state index contributed by atoms with van der Waals surface area (Å²) in [6.45, 7) is 3.23. The van der Waals surface area contributed by atoms with E-state index in [0.717, 1.165) is 12.3 Å². The Bertz CT molecular complexity index is 1340. The van der Waals surface area contributed by atoms with Gasteiger partial charge in [-0.2, -0.15) is 34.1 Å². The normalized spacial score (nSPS) is 21.7. The van der Waals surface area contributed by atoms with Crippen molar-refractivity contribution < 1.29 is 41.3 Å². The van der Waals surface area contributed by atoms with E-state index in [2.05, 4.69) is 21.5 Å². The number of halogens is 4. The summed E-state index contributed by atoms with van der Waals surface area (Å²) in [5, 5.41) is 27.9. The standard InChI is InChI=1S/C26H33F4N5O5S/c1-15(24(2,3)37)35-20-10-16(23(36)33-25(13-31)6-8-41(38,39)9-7-25)4-5-17(20)22(34-35)18-11-21(32-12-19(18)27)40-14-26(28,29)30/h11-12,15-16,37-39H,4-10,14H2,1-3H3,(H,33,36)/t15?,16-/m1/s1. The van der Waals surface area contributed by atoms with Crippen molar-refractivity contribution in [1.29, 1.82) is 5.26 Å². The lowest BCUT2D eigenvalue weighted by Gasteiger charge is -2.43. The number of nitrogens with one attached hydrogen (secondary N) is 1. The molecule has 2 aliphatic rings. The molecule has 1 fully saturated rings. The molecule has 2 aromatic heterocycles. The smallest absolute Gasteiger partial charge is 0.422 e. The average molecular weight is 604 g/mol. The number of hydrogen-bond acceptors (Lipinski definition) is 8. The van der Waals surface area contributed by atoms with Gasteiger partial charge in [0.15, 0.2) is 12.4 Å². The Kier molecular flexibility index (Phi) is 8.36. The molecule has 1 saturated heterocycles. The highest BCUT2D eigenvalue weighted by molar-refractivity contribution is 8.24. The van der Waals surface area contributed by atoms with Crippen molar-refractivity contribution in [2.75, 3.05) is 18.1 Å². The van der Waals surface area contributed by atoms with Gasteiger partial charge in [-0.15, -0.1) is 0 Å². The minimum absolute atomic E-state index is 0.0149. The molecule has 0 bridgehead atoms. The Morgan fingerprint density at radius 3 is 2.59 bits per heavy atom.